The van der Waals surface area contributed by atoms with Crippen LogP contribution >= 0.6 is 0 Å². The molecule has 2 aliphatic heterocycles. The number of carbonyl (C=O) groups is 3. The molecule has 34 heavy (non-hydrogen) atoms. The van der Waals surface area contributed by atoms with Crippen LogP contribution in [0.5, 0.6) is 0 Å². The third-order valence-corrected chi connectivity index (χ3v) is 9.02. The van der Waals surface area contributed by atoms with Crippen LogP contribution in [0.1, 0.15) is 56.9 Å². The molecule has 0 radical (unpaired) electrons. The Hall–Kier alpha value is -2.41. The molecule has 2 bridgehead atoms. The molecule has 7 heteroatoms. The Morgan fingerprint density at radius 2 is 1.71 bits per heavy atom. The van der Waals surface area contributed by atoms with Gasteiger partial charge in [-0.3, -0.25) is 14.4 Å². The average Bonchev–Trinajstić information content (AvgIpc) is 3.49. The van der Waals surface area contributed by atoms with E-state index in [4.69, 9.17) is 14.2 Å². The third kappa shape index (κ3) is 3.55. The minimum Gasteiger partial charge on any atom is -0.458 e. The van der Waals surface area contributed by atoms with E-state index in [0.717, 1.165) is 50.8 Å². The minimum atomic E-state index is -0.707. The molecule has 6 unspecified atom stereocenters. The highest BCUT2D eigenvalue weighted by Gasteiger charge is 2.70. The second kappa shape index (κ2) is 8.67. The monoisotopic (exact) mass is 467 g/mol. The van der Waals surface area contributed by atoms with E-state index < -0.39 is 29.6 Å². The number of rotatable bonds is 5. The summed E-state index contributed by atoms with van der Waals surface area (Å²) in [6, 6.07) is 9.90. The molecule has 2 saturated heterocycles. The Labute approximate surface area is 199 Å². The number of hydrogen-bond acceptors (Lipinski definition) is 7. The van der Waals surface area contributed by atoms with E-state index in [2.05, 4.69) is 5.32 Å². The van der Waals surface area contributed by atoms with Gasteiger partial charge in [-0.1, -0.05) is 49.6 Å². The largest absolute Gasteiger partial charge is 0.458 e. The number of benzene rings is 1. The van der Waals surface area contributed by atoms with E-state index in [9.17, 15) is 14.4 Å². The van der Waals surface area contributed by atoms with Crippen molar-refractivity contribution in [2.45, 2.75) is 69.2 Å². The van der Waals surface area contributed by atoms with Gasteiger partial charge in [-0.05, 0) is 37.9 Å². The lowest BCUT2D eigenvalue weighted by molar-refractivity contribution is -0.180. The zero-order valence-corrected chi connectivity index (χ0v) is 19.4. The summed E-state index contributed by atoms with van der Waals surface area (Å²) in [5.74, 6) is -2.35. The molecule has 1 N–H and O–H groups in total. The van der Waals surface area contributed by atoms with Gasteiger partial charge in [0.2, 0.25) is 0 Å². The molecule has 7 nitrogen and oxygen atoms in total. The molecule has 0 amide bonds. The highest BCUT2D eigenvalue weighted by atomic mass is 16.6. The van der Waals surface area contributed by atoms with Crippen molar-refractivity contribution >= 4 is 17.9 Å². The van der Waals surface area contributed by atoms with Crippen molar-refractivity contribution < 1.29 is 28.6 Å². The molecular weight excluding hydrogens is 434 g/mol. The quantitative estimate of drug-likeness (QED) is 0.526. The third-order valence-electron chi connectivity index (χ3n) is 9.02. The van der Waals surface area contributed by atoms with Crippen LogP contribution < -0.4 is 5.32 Å². The predicted molar refractivity (Wildman–Crippen MR) is 121 cm³/mol. The van der Waals surface area contributed by atoms with E-state index in [1.54, 1.807) is 0 Å². The Bertz CT molecular complexity index is 951. The Morgan fingerprint density at radius 1 is 0.971 bits per heavy atom. The van der Waals surface area contributed by atoms with Gasteiger partial charge in [0.25, 0.3) is 0 Å². The first kappa shape index (κ1) is 22.1. The first-order valence-corrected chi connectivity index (χ1v) is 13.0. The number of fused-ring (bicyclic) bond motifs is 1. The number of hydrogen-bond donors (Lipinski definition) is 1. The lowest BCUT2D eigenvalue weighted by Crippen LogP contribution is -2.48. The van der Waals surface area contributed by atoms with Gasteiger partial charge in [-0.2, -0.15) is 0 Å². The molecule has 3 saturated carbocycles. The van der Waals surface area contributed by atoms with E-state index in [1.165, 1.54) is 0 Å². The molecule has 5 aliphatic rings. The van der Waals surface area contributed by atoms with Crippen LogP contribution in [0, 0.1) is 29.6 Å². The summed E-state index contributed by atoms with van der Waals surface area (Å²) in [4.78, 5) is 39.5. The normalized spacial score (nSPS) is 36.2. The van der Waals surface area contributed by atoms with Crippen LogP contribution in [0.4, 0.5) is 0 Å². The number of carbonyl (C=O) groups excluding carboxylic acids is 3. The Morgan fingerprint density at radius 3 is 2.44 bits per heavy atom. The van der Waals surface area contributed by atoms with Crippen molar-refractivity contribution in [2.24, 2.45) is 29.6 Å². The maximum atomic E-state index is 13.8. The summed E-state index contributed by atoms with van der Waals surface area (Å²) in [6.45, 7) is 1.52. The molecule has 182 valence electrons. The summed E-state index contributed by atoms with van der Waals surface area (Å²) in [6.07, 6.45) is 6.03. The van der Waals surface area contributed by atoms with Gasteiger partial charge in [0.1, 0.15) is 17.8 Å². The minimum absolute atomic E-state index is 0.0695. The first-order chi connectivity index (χ1) is 16.6. The molecular formula is C27H33NO6. The lowest BCUT2D eigenvalue weighted by Gasteiger charge is -2.40. The number of piperidine rings is 1. The first-order valence-electron chi connectivity index (χ1n) is 13.0. The number of nitrogens with one attached hydrogen (secondary N) is 1. The molecule has 6 atom stereocenters. The van der Waals surface area contributed by atoms with Gasteiger partial charge in [0.05, 0.1) is 17.8 Å². The van der Waals surface area contributed by atoms with Crippen molar-refractivity contribution in [1.29, 1.82) is 0 Å². The molecule has 3 aliphatic carbocycles. The fourth-order valence-electron chi connectivity index (χ4n) is 7.32. The summed E-state index contributed by atoms with van der Waals surface area (Å²) in [5.41, 5.74) is 0.280. The maximum absolute atomic E-state index is 13.8. The van der Waals surface area contributed by atoms with Crippen LogP contribution in [-0.2, 0) is 34.2 Å². The smallest absolute Gasteiger partial charge is 0.311 e. The van der Waals surface area contributed by atoms with E-state index in [-0.39, 0.29) is 35.7 Å². The van der Waals surface area contributed by atoms with Crippen molar-refractivity contribution in [3.05, 3.63) is 35.9 Å². The van der Waals surface area contributed by atoms with Gasteiger partial charge < -0.3 is 19.5 Å². The van der Waals surface area contributed by atoms with Gasteiger partial charge in [-0.15, -0.1) is 0 Å². The number of esters is 3. The van der Waals surface area contributed by atoms with E-state index >= 15 is 0 Å². The van der Waals surface area contributed by atoms with Crippen molar-refractivity contribution in [1.82, 2.24) is 5.32 Å². The second-order valence-electron chi connectivity index (χ2n) is 10.8. The summed E-state index contributed by atoms with van der Waals surface area (Å²) < 4.78 is 18.0. The molecule has 5 fully saturated rings. The molecule has 0 aromatic heterocycles. The van der Waals surface area contributed by atoms with E-state index in [1.807, 2.05) is 30.3 Å². The zero-order chi connectivity index (χ0) is 23.3. The van der Waals surface area contributed by atoms with Gasteiger partial charge in [-0.25, -0.2) is 0 Å². The summed E-state index contributed by atoms with van der Waals surface area (Å²) >= 11 is 0. The fraction of sp³-hybridized carbons (Fsp3) is 0.667. The SMILES string of the molecule is O=C(OC1C2CC3C1OC(=O)C3C2C(=O)OC1(c2ccccc2)CCNCC1)C1CCCCC1. The standard InChI is InChI=1S/C27H33NO6/c29-24(16-7-3-1-4-8-16)32-22-19-15-18-20(25(30)33-23(18)22)21(19)26(31)34-27(11-13-28-14-12-27)17-9-5-2-6-10-17/h2,5-6,9-10,16,18-23,28H,1,3-4,7-8,11-15H2. The van der Waals surface area contributed by atoms with Crippen LogP contribution in [0.15, 0.2) is 30.3 Å². The molecule has 2 heterocycles. The highest BCUT2D eigenvalue weighted by molar-refractivity contribution is 5.86. The number of ether oxygens (including phenoxy) is 3. The molecule has 0 spiro atoms. The van der Waals surface area contributed by atoms with Crippen LogP contribution in [0.25, 0.3) is 0 Å². The van der Waals surface area contributed by atoms with Crippen LogP contribution in [0.3, 0.4) is 0 Å². The lowest BCUT2D eigenvalue weighted by atomic mass is 9.77. The van der Waals surface area contributed by atoms with Crippen molar-refractivity contribution in [3.8, 4) is 0 Å². The molecule has 6 rings (SSSR count). The highest BCUT2D eigenvalue weighted by Crippen LogP contribution is 2.59. The van der Waals surface area contributed by atoms with Gasteiger partial charge >= 0.3 is 17.9 Å². The zero-order valence-electron chi connectivity index (χ0n) is 19.4. The van der Waals surface area contributed by atoms with E-state index in [0.29, 0.717) is 19.3 Å². The molecule has 1 aromatic carbocycles. The fourth-order valence-corrected chi connectivity index (χ4v) is 7.32. The predicted octanol–water partition coefficient (Wildman–Crippen LogP) is 3.11. The van der Waals surface area contributed by atoms with Crippen molar-refractivity contribution in [3.63, 3.8) is 0 Å². The Balaban J connectivity index is 1.24. The second-order valence-corrected chi connectivity index (χ2v) is 10.8. The summed E-state index contributed by atoms with van der Waals surface area (Å²) in [5, 5.41) is 3.35. The Kier molecular flexibility index (Phi) is 5.63. The summed E-state index contributed by atoms with van der Waals surface area (Å²) in [7, 11) is 0. The van der Waals surface area contributed by atoms with Gasteiger partial charge in [0, 0.05) is 24.7 Å². The maximum Gasteiger partial charge on any atom is 0.311 e. The average molecular weight is 468 g/mol. The van der Waals surface area contributed by atoms with Crippen LogP contribution in [0.2, 0.25) is 0 Å². The van der Waals surface area contributed by atoms with Crippen molar-refractivity contribution in [2.75, 3.05) is 13.1 Å². The molecule has 1 aromatic rings. The van der Waals surface area contributed by atoms with Gasteiger partial charge in [0.15, 0.2) is 0 Å². The topological polar surface area (TPSA) is 90.9 Å². The van der Waals surface area contributed by atoms with Crippen LogP contribution in [-0.4, -0.2) is 43.2 Å².